The quantitative estimate of drug-likeness (QED) is 0.826. The zero-order chi connectivity index (χ0) is 13.1. The molecule has 1 aliphatic heterocycles. The van der Waals surface area contributed by atoms with Crippen LogP contribution in [0.25, 0.3) is 0 Å². The van der Waals surface area contributed by atoms with Gasteiger partial charge in [-0.05, 0) is 24.6 Å². The second-order valence-corrected chi connectivity index (χ2v) is 4.64. The van der Waals surface area contributed by atoms with Gasteiger partial charge in [0.25, 0.3) is 0 Å². The van der Waals surface area contributed by atoms with E-state index in [1.165, 1.54) is 0 Å². The molecule has 1 heterocycles. The zero-order valence-corrected chi connectivity index (χ0v) is 11.0. The van der Waals surface area contributed by atoms with Crippen LogP contribution in [0.3, 0.4) is 0 Å². The number of ether oxygens (including phenoxy) is 2. The molecule has 0 amide bonds. The second kappa shape index (κ2) is 5.40. The summed E-state index contributed by atoms with van der Waals surface area (Å²) in [6.07, 6.45) is 0. The van der Waals surface area contributed by atoms with Crippen molar-refractivity contribution >= 4 is 5.78 Å². The molecule has 0 aromatic heterocycles. The molecule has 0 aliphatic carbocycles. The van der Waals surface area contributed by atoms with Crippen LogP contribution in [-0.2, 0) is 0 Å². The summed E-state index contributed by atoms with van der Waals surface area (Å²) in [7, 11) is 3.14. The maximum Gasteiger partial charge on any atom is 0.175 e. The van der Waals surface area contributed by atoms with Crippen LogP contribution in [0.4, 0.5) is 0 Å². The molecule has 2 rings (SSSR count). The predicted molar refractivity (Wildman–Crippen MR) is 69.4 cm³/mol. The topological polar surface area (TPSA) is 47.6 Å². The number of Topliss-reactive ketones (excluding diaryl/α,β-unsaturated/α-hetero) is 1. The van der Waals surface area contributed by atoms with E-state index >= 15 is 0 Å². The van der Waals surface area contributed by atoms with Crippen molar-refractivity contribution in [2.45, 2.75) is 6.92 Å². The lowest BCUT2D eigenvalue weighted by Gasteiger charge is -2.17. The molecule has 18 heavy (non-hydrogen) atoms. The molecule has 1 N–H and O–H groups in total. The number of nitrogens with one attached hydrogen (secondary N) is 1. The lowest BCUT2D eigenvalue weighted by molar-refractivity contribution is 0.0901. The maximum atomic E-state index is 12.6. The minimum Gasteiger partial charge on any atom is -0.496 e. The Bertz CT molecular complexity index is 422. The van der Waals surface area contributed by atoms with Crippen LogP contribution in [0.5, 0.6) is 11.5 Å². The molecule has 1 aliphatic rings. The molecule has 1 saturated heterocycles. The highest BCUT2D eigenvalue weighted by atomic mass is 16.5. The lowest BCUT2D eigenvalue weighted by atomic mass is 9.89. The van der Waals surface area contributed by atoms with Gasteiger partial charge in [-0.15, -0.1) is 0 Å². The molecule has 0 spiro atoms. The summed E-state index contributed by atoms with van der Waals surface area (Å²) < 4.78 is 10.6. The largest absolute Gasteiger partial charge is 0.496 e. The third-order valence-electron chi connectivity index (χ3n) is 3.53. The van der Waals surface area contributed by atoms with E-state index in [1.807, 2.05) is 6.07 Å². The smallest absolute Gasteiger partial charge is 0.175 e. The molecule has 1 aromatic carbocycles. The fraction of sp³-hybridized carbons (Fsp3) is 0.500. The SMILES string of the molecule is COc1cccc(OC)c1C(=O)C1CNCC1C. The molecule has 0 bridgehead atoms. The molecule has 0 radical (unpaired) electrons. The summed E-state index contributed by atoms with van der Waals surface area (Å²) in [5.41, 5.74) is 0.558. The molecule has 4 heteroatoms. The van der Waals surface area contributed by atoms with Gasteiger partial charge in [-0.2, -0.15) is 0 Å². The number of methoxy groups -OCH3 is 2. The number of ketones is 1. The minimum absolute atomic E-state index is 0.00444. The Hall–Kier alpha value is -1.55. The molecular weight excluding hydrogens is 230 g/mol. The summed E-state index contributed by atoms with van der Waals surface area (Å²) >= 11 is 0. The highest BCUT2D eigenvalue weighted by molar-refractivity contribution is 6.03. The van der Waals surface area contributed by atoms with Gasteiger partial charge < -0.3 is 14.8 Å². The van der Waals surface area contributed by atoms with Gasteiger partial charge in [0, 0.05) is 12.5 Å². The van der Waals surface area contributed by atoms with Crippen molar-refractivity contribution < 1.29 is 14.3 Å². The van der Waals surface area contributed by atoms with Crippen molar-refractivity contribution in [3.63, 3.8) is 0 Å². The molecule has 0 saturated carbocycles. The Labute approximate surface area is 107 Å². The van der Waals surface area contributed by atoms with E-state index in [9.17, 15) is 4.79 Å². The van der Waals surface area contributed by atoms with E-state index in [4.69, 9.17) is 9.47 Å². The average molecular weight is 249 g/mol. The van der Waals surface area contributed by atoms with Gasteiger partial charge >= 0.3 is 0 Å². The lowest BCUT2D eigenvalue weighted by Crippen LogP contribution is -2.22. The Morgan fingerprint density at radius 2 is 1.83 bits per heavy atom. The van der Waals surface area contributed by atoms with Crippen molar-refractivity contribution in [1.29, 1.82) is 0 Å². The third-order valence-corrected chi connectivity index (χ3v) is 3.53. The second-order valence-electron chi connectivity index (χ2n) is 4.64. The van der Waals surface area contributed by atoms with Crippen LogP contribution in [0.2, 0.25) is 0 Å². The van der Waals surface area contributed by atoms with Gasteiger partial charge in [-0.1, -0.05) is 13.0 Å². The summed E-state index contributed by atoms with van der Waals surface area (Å²) in [6, 6.07) is 5.41. The maximum absolute atomic E-state index is 12.6. The fourth-order valence-corrected chi connectivity index (χ4v) is 2.44. The number of benzene rings is 1. The van der Waals surface area contributed by atoms with Crippen LogP contribution in [0.15, 0.2) is 18.2 Å². The number of hydrogen-bond acceptors (Lipinski definition) is 4. The standard InChI is InChI=1S/C14H19NO3/c1-9-7-15-8-10(9)14(16)13-11(17-2)5-4-6-12(13)18-3/h4-6,9-10,15H,7-8H2,1-3H3. The van der Waals surface area contributed by atoms with Gasteiger partial charge in [0.1, 0.15) is 17.1 Å². The van der Waals surface area contributed by atoms with Gasteiger partial charge in [0.2, 0.25) is 0 Å². The van der Waals surface area contributed by atoms with Crippen molar-refractivity contribution in [2.75, 3.05) is 27.3 Å². The van der Waals surface area contributed by atoms with Crippen LogP contribution in [-0.4, -0.2) is 33.1 Å². The minimum atomic E-state index is -0.00444. The third kappa shape index (κ3) is 2.20. The Morgan fingerprint density at radius 3 is 2.28 bits per heavy atom. The zero-order valence-electron chi connectivity index (χ0n) is 11.0. The highest BCUT2D eigenvalue weighted by Crippen LogP contribution is 2.33. The Morgan fingerprint density at radius 1 is 1.22 bits per heavy atom. The van der Waals surface area contributed by atoms with E-state index in [2.05, 4.69) is 12.2 Å². The van der Waals surface area contributed by atoms with E-state index in [0.717, 1.165) is 13.1 Å². The molecule has 4 nitrogen and oxygen atoms in total. The highest BCUT2D eigenvalue weighted by Gasteiger charge is 2.33. The first-order valence-corrected chi connectivity index (χ1v) is 6.15. The molecule has 98 valence electrons. The molecule has 2 atom stereocenters. The first kappa shape index (κ1) is 12.9. The predicted octanol–water partition coefficient (Wildman–Crippen LogP) is 1.74. The van der Waals surface area contributed by atoms with Crippen LogP contribution < -0.4 is 14.8 Å². The molecular formula is C14H19NO3. The van der Waals surface area contributed by atoms with Crippen molar-refractivity contribution in [1.82, 2.24) is 5.32 Å². The van der Waals surface area contributed by atoms with Crippen LogP contribution >= 0.6 is 0 Å². The van der Waals surface area contributed by atoms with Crippen molar-refractivity contribution in [2.24, 2.45) is 11.8 Å². The Kier molecular flexibility index (Phi) is 3.87. The fourth-order valence-electron chi connectivity index (χ4n) is 2.44. The van der Waals surface area contributed by atoms with Crippen molar-refractivity contribution in [3.8, 4) is 11.5 Å². The molecule has 1 fully saturated rings. The monoisotopic (exact) mass is 249 g/mol. The van der Waals surface area contributed by atoms with E-state index in [1.54, 1.807) is 26.4 Å². The summed E-state index contributed by atoms with van der Waals surface area (Å²) in [6.45, 7) is 3.69. The van der Waals surface area contributed by atoms with Crippen LogP contribution in [0.1, 0.15) is 17.3 Å². The summed E-state index contributed by atoms with van der Waals surface area (Å²) in [5, 5.41) is 3.25. The van der Waals surface area contributed by atoms with Gasteiger partial charge in [0.05, 0.1) is 14.2 Å². The molecule has 1 aromatic rings. The van der Waals surface area contributed by atoms with Gasteiger partial charge in [-0.3, -0.25) is 4.79 Å². The number of carbonyl (C=O) groups excluding carboxylic acids is 1. The first-order valence-electron chi connectivity index (χ1n) is 6.15. The average Bonchev–Trinajstić information content (AvgIpc) is 2.83. The van der Waals surface area contributed by atoms with Crippen LogP contribution in [0, 0.1) is 11.8 Å². The van der Waals surface area contributed by atoms with E-state index in [-0.39, 0.29) is 11.7 Å². The van der Waals surface area contributed by atoms with E-state index in [0.29, 0.717) is 23.0 Å². The number of hydrogen-bond donors (Lipinski definition) is 1. The number of carbonyl (C=O) groups is 1. The van der Waals surface area contributed by atoms with Gasteiger partial charge in [0.15, 0.2) is 5.78 Å². The summed E-state index contributed by atoms with van der Waals surface area (Å²) in [5.74, 6) is 1.60. The normalized spacial score (nSPS) is 22.8. The van der Waals surface area contributed by atoms with Gasteiger partial charge in [-0.25, -0.2) is 0 Å². The van der Waals surface area contributed by atoms with E-state index < -0.39 is 0 Å². The Balaban J connectivity index is 2.39. The first-order chi connectivity index (χ1) is 8.69. The molecule has 2 unspecified atom stereocenters. The number of rotatable bonds is 4. The van der Waals surface area contributed by atoms with Crippen molar-refractivity contribution in [3.05, 3.63) is 23.8 Å². The summed E-state index contributed by atoms with van der Waals surface area (Å²) in [4.78, 5) is 12.6.